The molecule has 2 aromatic carbocycles. The summed E-state index contributed by atoms with van der Waals surface area (Å²) in [6, 6.07) is 13.5. The Hall–Kier alpha value is -2.29. The van der Waals surface area contributed by atoms with Gasteiger partial charge in [-0.1, -0.05) is 29.8 Å². The second-order valence-corrected chi connectivity index (χ2v) is 8.51. The van der Waals surface area contributed by atoms with Crippen molar-refractivity contribution in [2.45, 2.75) is 18.4 Å². The Labute approximate surface area is 153 Å². The van der Waals surface area contributed by atoms with Crippen LogP contribution in [-0.2, 0) is 16.6 Å². The van der Waals surface area contributed by atoms with Gasteiger partial charge in [0.05, 0.1) is 36.0 Å². The molecule has 0 amide bonds. The van der Waals surface area contributed by atoms with Crippen LogP contribution in [0.3, 0.4) is 0 Å². The molecule has 8 heteroatoms. The minimum absolute atomic E-state index is 0.0856. The van der Waals surface area contributed by atoms with Crippen molar-refractivity contribution in [3.63, 3.8) is 0 Å². The van der Waals surface area contributed by atoms with Crippen molar-refractivity contribution in [3.8, 4) is 0 Å². The highest BCUT2D eigenvalue weighted by atomic mass is 32.2. The second-order valence-electron chi connectivity index (χ2n) is 6.57. The molecule has 1 aliphatic heterocycles. The quantitative estimate of drug-likeness (QED) is 0.623. The van der Waals surface area contributed by atoms with E-state index in [4.69, 9.17) is 0 Å². The zero-order chi connectivity index (χ0) is 18.7. The van der Waals surface area contributed by atoms with Gasteiger partial charge in [0, 0.05) is 17.7 Å². The third-order valence-corrected chi connectivity index (χ3v) is 6.58. The van der Waals surface area contributed by atoms with E-state index in [0.717, 1.165) is 11.1 Å². The molecule has 0 aromatic heterocycles. The molecular formula is C18H22N3O4S+. The highest BCUT2D eigenvalue weighted by Crippen LogP contribution is 2.16. The molecule has 0 aliphatic carbocycles. The van der Waals surface area contributed by atoms with Gasteiger partial charge in [-0.15, -0.1) is 0 Å². The normalized spacial score (nSPS) is 16.5. The van der Waals surface area contributed by atoms with E-state index in [9.17, 15) is 18.5 Å². The molecule has 0 radical (unpaired) electrons. The number of sulfonamides is 1. The first kappa shape index (κ1) is 18.5. The fourth-order valence-corrected chi connectivity index (χ4v) is 4.59. The van der Waals surface area contributed by atoms with E-state index in [0.29, 0.717) is 37.6 Å². The maximum Gasteiger partial charge on any atom is 0.269 e. The van der Waals surface area contributed by atoms with Gasteiger partial charge in [-0.25, -0.2) is 8.42 Å². The summed E-state index contributed by atoms with van der Waals surface area (Å²) in [7, 11) is -3.46. The molecule has 2 aromatic rings. The van der Waals surface area contributed by atoms with Crippen LogP contribution in [0.5, 0.6) is 0 Å². The fourth-order valence-electron chi connectivity index (χ4n) is 3.15. The van der Waals surface area contributed by atoms with E-state index in [-0.39, 0.29) is 5.69 Å². The van der Waals surface area contributed by atoms with E-state index < -0.39 is 14.9 Å². The summed E-state index contributed by atoms with van der Waals surface area (Å²) in [5.41, 5.74) is 2.00. The van der Waals surface area contributed by atoms with Gasteiger partial charge in [-0.05, 0) is 19.1 Å². The number of piperazine rings is 1. The van der Waals surface area contributed by atoms with Gasteiger partial charge in [0.1, 0.15) is 6.54 Å². The maximum atomic E-state index is 12.7. The molecule has 1 fully saturated rings. The van der Waals surface area contributed by atoms with Gasteiger partial charge in [-0.3, -0.25) is 10.1 Å². The Morgan fingerprint density at radius 3 is 2.38 bits per heavy atom. The number of non-ortho nitro benzene ring substituents is 1. The average Bonchev–Trinajstić information content (AvgIpc) is 2.63. The lowest BCUT2D eigenvalue weighted by Gasteiger charge is -2.31. The van der Waals surface area contributed by atoms with Crippen molar-refractivity contribution in [2.24, 2.45) is 0 Å². The van der Waals surface area contributed by atoms with Gasteiger partial charge in [0.2, 0.25) is 10.0 Å². The molecule has 1 N–H and O–H groups in total. The summed E-state index contributed by atoms with van der Waals surface area (Å²) in [6.07, 6.45) is 0. The van der Waals surface area contributed by atoms with Crippen molar-refractivity contribution in [3.05, 3.63) is 69.8 Å². The number of nitro groups is 1. The lowest BCUT2D eigenvalue weighted by molar-refractivity contribution is -0.917. The van der Waals surface area contributed by atoms with Crippen LogP contribution >= 0.6 is 0 Å². The van der Waals surface area contributed by atoms with Crippen LogP contribution in [0.15, 0.2) is 53.4 Å². The monoisotopic (exact) mass is 376 g/mol. The Morgan fingerprint density at radius 2 is 1.77 bits per heavy atom. The standard InChI is InChI=1S/C18H21N3O4S/c1-15-5-7-18(8-6-15)26(24,25)20-11-9-19(10-12-20)14-16-3-2-4-17(13-16)21(22)23/h2-8,13H,9-12,14H2,1H3/p+1. The lowest BCUT2D eigenvalue weighted by atomic mass is 10.2. The van der Waals surface area contributed by atoms with Crippen molar-refractivity contribution in [1.29, 1.82) is 0 Å². The largest absolute Gasteiger partial charge is 0.329 e. The van der Waals surface area contributed by atoms with Crippen LogP contribution in [0.2, 0.25) is 0 Å². The molecule has 0 spiro atoms. The number of nitrogens with one attached hydrogen (secondary N) is 1. The van der Waals surface area contributed by atoms with Crippen LogP contribution < -0.4 is 4.90 Å². The summed E-state index contributed by atoms with van der Waals surface area (Å²) in [5, 5.41) is 10.9. The smallest absolute Gasteiger partial charge is 0.269 e. The van der Waals surface area contributed by atoms with Gasteiger partial charge < -0.3 is 4.90 Å². The predicted octanol–water partition coefficient (Wildman–Crippen LogP) is 0.993. The van der Waals surface area contributed by atoms with E-state index >= 15 is 0 Å². The second kappa shape index (κ2) is 7.53. The minimum Gasteiger partial charge on any atom is -0.329 e. The number of nitrogens with zero attached hydrogens (tertiary/aromatic N) is 2. The van der Waals surface area contributed by atoms with E-state index in [1.165, 1.54) is 15.3 Å². The number of quaternary nitrogens is 1. The Kier molecular flexibility index (Phi) is 5.36. The van der Waals surface area contributed by atoms with E-state index in [1.54, 1.807) is 36.4 Å². The molecule has 7 nitrogen and oxygen atoms in total. The minimum atomic E-state index is -3.46. The Bertz CT molecular complexity index is 889. The molecule has 3 rings (SSSR count). The molecule has 26 heavy (non-hydrogen) atoms. The molecule has 0 atom stereocenters. The van der Waals surface area contributed by atoms with Crippen molar-refractivity contribution in [2.75, 3.05) is 26.2 Å². The molecule has 1 saturated heterocycles. The number of benzene rings is 2. The predicted molar refractivity (Wildman–Crippen MR) is 97.4 cm³/mol. The third kappa shape index (κ3) is 4.09. The van der Waals surface area contributed by atoms with Gasteiger partial charge in [-0.2, -0.15) is 4.31 Å². The number of hydrogen-bond acceptors (Lipinski definition) is 4. The third-order valence-electron chi connectivity index (χ3n) is 4.66. The molecule has 1 heterocycles. The van der Waals surface area contributed by atoms with Crippen LogP contribution in [0.1, 0.15) is 11.1 Å². The summed E-state index contributed by atoms with van der Waals surface area (Å²) in [4.78, 5) is 12.0. The van der Waals surface area contributed by atoms with Gasteiger partial charge >= 0.3 is 0 Å². The van der Waals surface area contributed by atoms with Crippen LogP contribution in [0, 0.1) is 17.0 Å². The van der Waals surface area contributed by atoms with Crippen LogP contribution in [-0.4, -0.2) is 43.8 Å². The van der Waals surface area contributed by atoms with Crippen LogP contribution in [0.25, 0.3) is 0 Å². The van der Waals surface area contributed by atoms with Crippen LogP contribution in [0.4, 0.5) is 5.69 Å². The van der Waals surface area contributed by atoms with Crippen molar-refractivity contribution < 1.29 is 18.2 Å². The highest BCUT2D eigenvalue weighted by molar-refractivity contribution is 7.89. The molecule has 0 bridgehead atoms. The summed E-state index contributed by atoms with van der Waals surface area (Å²) >= 11 is 0. The number of nitro benzene ring substituents is 1. The van der Waals surface area contributed by atoms with Crippen molar-refractivity contribution in [1.82, 2.24) is 4.31 Å². The van der Waals surface area contributed by atoms with Crippen molar-refractivity contribution >= 4 is 15.7 Å². The first-order valence-corrected chi connectivity index (χ1v) is 9.94. The van der Waals surface area contributed by atoms with E-state index in [2.05, 4.69) is 0 Å². The number of rotatable bonds is 5. The molecule has 0 unspecified atom stereocenters. The Morgan fingerprint density at radius 1 is 1.12 bits per heavy atom. The Balaban J connectivity index is 1.63. The number of aryl methyl sites for hydroxylation is 1. The summed E-state index contributed by atoms with van der Waals surface area (Å²) in [5.74, 6) is 0. The zero-order valence-corrected chi connectivity index (χ0v) is 15.4. The fraction of sp³-hybridized carbons (Fsp3) is 0.333. The summed E-state index contributed by atoms with van der Waals surface area (Å²) < 4.78 is 27.0. The summed E-state index contributed by atoms with van der Waals surface area (Å²) in [6.45, 7) is 4.81. The molecular weight excluding hydrogens is 354 g/mol. The van der Waals surface area contributed by atoms with E-state index in [1.807, 2.05) is 13.0 Å². The van der Waals surface area contributed by atoms with Gasteiger partial charge in [0.15, 0.2) is 0 Å². The van der Waals surface area contributed by atoms with Gasteiger partial charge in [0.25, 0.3) is 5.69 Å². The first-order valence-electron chi connectivity index (χ1n) is 8.50. The average molecular weight is 376 g/mol. The molecule has 1 aliphatic rings. The first-order chi connectivity index (χ1) is 12.4. The zero-order valence-electron chi connectivity index (χ0n) is 14.6. The topological polar surface area (TPSA) is 85.0 Å². The maximum absolute atomic E-state index is 12.7. The highest BCUT2D eigenvalue weighted by Gasteiger charge is 2.30. The SMILES string of the molecule is Cc1ccc(S(=O)(=O)N2CC[NH+](Cc3cccc([N+](=O)[O-])c3)CC2)cc1. The molecule has 0 saturated carbocycles. The number of hydrogen-bond donors (Lipinski definition) is 1. The lowest BCUT2D eigenvalue weighted by Crippen LogP contribution is -3.13. The molecule has 138 valence electrons.